The molecular weight excluding hydrogens is 352 g/mol. The minimum absolute atomic E-state index is 0.238. The van der Waals surface area contributed by atoms with E-state index in [1.54, 1.807) is 0 Å². The molecule has 1 aromatic heterocycles. The first-order valence-electron chi connectivity index (χ1n) is 6.63. The molecule has 1 aliphatic rings. The van der Waals surface area contributed by atoms with E-state index in [1.807, 2.05) is 25.1 Å². The molecule has 1 saturated carbocycles. The number of hydrogen-bond donors (Lipinski definition) is 3. The highest BCUT2D eigenvalue weighted by Gasteiger charge is 2.24. The SMILES string of the molecule is Cc1ccc(NC(=O)c2sc(NC3CC3)nc2N)c(Br)c1. The second kappa shape index (κ2) is 5.65. The van der Waals surface area contributed by atoms with Crippen LogP contribution in [0.4, 0.5) is 16.6 Å². The fourth-order valence-electron chi connectivity index (χ4n) is 1.86. The van der Waals surface area contributed by atoms with Gasteiger partial charge in [-0.05, 0) is 53.4 Å². The number of carbonyl (C=O) groups is 1. The second-order valence-electron chi connectivity index (χ2n) is 5.09. The molecule has 0 radical (unpaired) electrons. The molecule has 2 aromatic rings. The lowest BCUT2D eigenvalue weighted by Crippen LogP contribution is -2.12. The van der Waals surface area contributed by atoms with Gasteiger partial charge in [0.1, 0.15) is 10.7 Å². The lowest BCUT2D eigenvalue weighted by atomic mass is 10.2. The molecule has 0 spiro atoms. The van der Waals surface area contributed by atoms with Gasteiger partial charge in [0.2, 0.25) is 0 Å². The number of hydrogen-bond acceptors (Lipinski definition) is 5. The number of halogens is 1. The summed E-state index contributed by atoms with van der Waals surface area (Å²) in [5.41, 5.74) is 7.68. The summed E-state index contributed by atoms with van der Waals surface area (Å²) in [4.78, 5) is 17.0. The number of nitrogen functional groups attached to an aromatic ring is 1. The lowest BCUT2D eigenvalue weighted by molar-refractivity contribution is 0.103. The van der Waals surface area contributed by atoms with Gasteiger partial charge in [-0.1, -0.05) is 17.4 Å². The largest absolute Gasteiger partial charge is 0.382 e. The maximum Gasteiger partial charge on any atom is 0.269 e. The molecule has 0 bridgehead atoms. The minimum Gasteiger partial charge on any atom is -0.382 e. The Bertz CT molecular complexity index is 696. The van der Waals surface area contributed by atoms with Gasteiger partial charge in [0, 0.05) is 10.5 Å². The van der Waals surface area contributed by atoms with Crippen LogP contribution in [0.25, 0.3) is 0 Å². The molecule has 4 N–H and O–H groups in total. The van der Waals surface area contributed by atoms with Crippen LogP contribution in [0.15, 0.2) is 22.7 Å². The monoisotopic (exact) mass is 366 g/mol. The quantitative estimate of drug-likeness (QED) is 0.771. The number of amides is 1. The third-order valence-electron chi connectivity index (χ3n) is 3.14. The number of nitrogens with two attached hydrogens (primary N) is 1. The van der Waals surface area contributed by atoms with Gasteiger partial charge in [0.25, 0.3) is 5.91 Å². The number of thiazole rings is 1. The molecule has 0 unspecified atom stereocenters. The van der Waals surface area contributed by atoms with Crippen molar-refractivity contribution in [2.45, 2.75) is 25.8 Å². The van der Waals surface area contributed by atoms with Crippen LogP contribution in [0.3, 0.4) is 0 Å². The highest BCUT2D eigenvalue weighted by atomic mass is 79.9. The van der Waals surface area contributed by atoms with Crippen molar-refractivity contribution in [2.24, 2.45) is 0 Å². The zero-order valence-electron chi connectivity index (χ0n) is 11.4. The van der Waals surface area contributed by atoms with E-state index < -0.39 is 0 Å². The van der Waals surface area contributed by atoms with Crippen molar-refractivity contribution in [1.29, 1.82) is 0 Å². The number of nitrogens with zero attached hydrogens (tertiary/aromatic N) is 1. The first-order valence-corrected chi connectivity index (χ1v) is 8.24. The maximum atomic E-state index is 12.3. The van der Waals surface area contributed by atoms with Crippen LogP contribution in [0.2, 0.25) is 0 Å². The summed E-state index contributed by atoms with van der Waals surface area (Å²) in [6, 6.07) is 6.23. The van der Waals surface area contributed by atoms with Crippen LogP contribution in [0, 0.1) is 6.92 Å². The number of anilines is 3. The van der Waals surface area contributed by atoms with Crippen LogP contribution in [0.1, 0.15) is 28.1 Å². The van der Waals surface area contributed by atoms with Crippen LogP contribution in [-0.4, -0.2) is 16.9 Å². The molecule has 21 heavy (non-hydrogen) atoms. The zero-order valence-corrected chi connectivity index (χ0v) is 13.8. The standard InChI is InChI=1S/C14H15BrN4OS/c1-7-2-5-10(9(15)6-7)18-13(20)11-12(16)19-14(21-11)17-8-3-4-8/h2,5-6,8H,3-4,16H2,1H3,(H,17,19)(H,18,20). The Balaban J connectivity index is 1.76. The normalized spacial score (nSPS) is 14.0. The highest BCUT2D eigenvalue weighted by molar-refractivity contribution is 9.10. The third kappa shape index (κ3) is 3.36. The Morgan fingerprint density at radius 1 is 1.48 bits per heavy atom. The third-order valence-corrected chi connectivity index (χ3v) is 4.79. The van der Waals surface area contributed by atoms with Gasteiger partial charge in [-0.2, -0.15) is 0 Å². The maximum absolute atomic E-state index is 12.3. The molecular formula is C14H15BrN4OS. The Hall–Kier alpha value is -1.60. The van der Waals surface area contributed by atoms with Gasteiger partial charge in [-0.25, -0.2) is 4.98 Å². The summed E-state index contributed by atoms with van der Waals surface area (Å²) in [6.45, 7) is 1.99. The molecule has 1 aliphatic carbocycles. The molecule has 1 amide bonds. The topological polar surface area (TPSA) is 80.0 Å². The van der Waals surface area contributed by atoms with Crippen molar-refractivity contribution >= 4 is 49.8 Å². The van der Waals surface area contributed by atoms with E-state index >= 15 is 0 Å². The van der Waals surface area contributed by atoms with Crippen LogP contribution >= 0.6 is 27.3 Å². The van der Waals surface area contributed by atoms with Crippen molar-refractivity contribution in [1.82, 2.24) is 4.98 Å². The van der Waals surface area contributed by atoms with E-state index in [9.17, 15) is 4.79 Å². The number of aromatic nitrogens is 1. The number of nitrogens with one attached hydrogen (secondary N) is 2. The van der Waals surface area contributed by atoms with Crippen LogP contribution in [0.5, 0.6) is 0 Å². The van der Waals surface area contributed by atoms with E-state index in [1.165, 1.54) is 11.3 Å². The average Bonchev–Trinajstić information content (AvgIpc) is 3.15. The summed E-state index contributed by atoms with van der Waals surface area (Å²) in [6.07, 6.45) is 2.30. The van der Waals surface area contributed by atoms with Crippen molar-refractivity contribution in [3.63, 3.8) is 0 Å². The van der Waals surface area contributed by atoms with Gasteiger partial charge in [-0.15, -0.1) is 0 Å². The van der Waals surface area contributed by atoms with Crippen LogP contribution in [-0.2, 0) is 0 Å². The highest BCUT2D eigenvalue weighted by Crippen LogP contribution is 2.31. The van der Waals surface area contributed by atoms with E-state index in [-0.39, 0.29) is 11.7 Å². The van der Waals surface area contributed by atoms with E-state index in [4.69, 9.17) is 5.73 Å². The Kier molecular flexibility index (Phi) is 3.86. The van der Waals surface area contributed by atoms with Gasteiger partial charge in [0.05, 0.1) is 5.69 Å². The van der Waals surface area contributed by atoms with Crippen molar-refractivity contribution in [3.8, 4) is 0 Å². The Morgan fingerprint density at radius 3 is 2.90 bits per heavy atom. The first kappa shape index (κ1) is 14.3. The fraction of sp³-hybridized carbons (Fsp3) is 0.286. The molecule has 1 fully saturated rings. The van der Waals surface area contributed by atoms with Crippen molar-refractivity contribution in [2.75, 3.05) is 16.4 Å². The number of carbonyl (C=O) groups excluding carboxylic acids is 1. The molecule has 7 heteroatoms. The van der Waals surface area contributed by atoms with E-state index in [2.05, 4.69) is 31.5 Å². The summed E-state index contributed by atoms with van der Waals surface area (Å²) >= 11 is 4.73. The van der Waals surface area contributed by atoms with Crippen molar-refractivity contribution in [3.05, 3.63) is 33.1 Å². The van der Waals surface area contributed by atoms with E-state index in [0.29, 0.717) is 16.1 Å². The van der Waals surface area contributed by atoms with E-state index in [0.717, 1.165) is 28.6 Å². The zero-order chi connectivity index (χ0) is 15.0. The Labute approximate surface area is 135 Å². The predicted molar refractivity (Wildman–Crippen MR) is 90.0 cm³/mol. The van der Waals surface area contributed by atoms with Crippen molar-refractivity contribution < 1.29 is 4.79 Å². The molecule has 1 aromatic carbocycles. The molecule has 0 atom stereocenters. The fourth-order valence-corrected chi connectivity index (χ4v) is 3.31. The average molecular weight is 367 g/mol. The number of aryl methyl sites for hydroxylation is 1. The number of benzene rings is 1. The minimum atomic E-state index is -0.238. The second-order valence-corrected chi connectivity index (χ2v) is 6.94. The summed E-state index contributed by atoms with van der Waals surface area (Å²) in [7, 11) is 0. The summed E-state index contributed by atoms with van der Waals surface area (Å²) in [5.74, 6) is 0.0299. The molecule has 110 valence electrons. The Morgan fingerprint density at radius 2 is 2.24 bits per heavy atom. The molecule has 0 saturated heterocycles. The lowest BCUT2D eigenvalue weighted by Gasteiger charge is -2.07. The van der Waals surface area contributed by atoms with Crippen LogP contribution < -0.4 is 16.4 Å². The first-order chi connectivity index (χ1) is 10.0. The molecule has 0 aliphatic heterocycles. The smallest absolute Gasteiger partial charge is 0.269 e. The van der Waals surface area contributed by atoms with Gasteiger partial charge in [0.15, 0.2) is 5.13 Å². The van der Waals surface area contributed by atoms with Gasteiger partial charge < -0.3 is 16.4 Å². The summed E-state index contributed by atoms with van der Waals surface area (Å²) in [5, 5.41) is 6.82. The molecule has 3 rings (SSSR count). The molecule has 1 heterocycles. The molecule has 5 nitrogen and oxygen atoms in total. The summed E-state index contributed by atoms with van der Waals surface area (Å²) < 4.78 is 0.843. The van der Waals surface area contributed by atoms with Gasteiger partial charge in [-0.3, -0.25) is 4.79 Å². The predicted octanol–water partition coefficient (Wildman–Crippen LogP) is 3.62. The van der Waals surface area contributed by atoms with Gasteiger partial charge >= 0.3 is 0 Å². The number of rotatable bonds is 4.